The van der Waals surface area contributed by atoms with Gasteiger partial charge in [-0.1, -0.05) is 13.3 Å². The predicted molar refractivity (Wildman–Crippen MR) is 89.3 cm³/mol. The van der Waals surface area contributed by atoms with Crippen molar-refractivity contribution in [2.75, 3.05) is 31.6 Å². The average Bonchev–Trinajstić information content (AvgIpc) is 3.07. The summed E-state index contributed by atoms with van der Waals surface area (Å²) in [6, 6.07) is 4.20. The lowest BCUT2D eigenvalue weighted by atomic mass is 10.2. The maximum atomic E-state index is 12.6. The lowest BCUT2D eigenvalue weighted by molar-refractivity contribution is -0.384. The number of nitro groups is 1. The van der Waals surface area contributed by atoms with Gasteiger partial charge in [-0.2, -0.15) is 4.31 Å². The van der Waals surface area contributed by atoms with Crippen LogP contribution in [0.3, 0.4) is 0 Å². The quantitative estimate of drug-likeness (QED) is 0.562. The van der Waals surface area contributed by atoms with Gasteiger partial charge in [0.15, 0.2) is 0 Å². The molecule has 1 aliphatic rings. The van der Waals surface area contributed by atoms with E-state index in [9.17, 15) is 18.5 Å². The third-order valence-electron chi connectivity index (χ3n) is 4.10. The van der Waals surface area contributed by atoms with Crippen molar-refractivity contribution in [3.63, 3.8) is 0 Å². The highest BCUT2D eigenvalue weighted by Crippen LogP contribution is 2.32. The monoisotopic (exact) mass is 341 g/mol. The van der Waals surface area contributed by atoms with Gasteiger partial charge < -0.3 is 4.90 Å². The second-order valence-electron chi connectivity index (χ2n) is 5.79. The van der Waals surface area contributed by atoms with E-state index in [4.69, 9.17) is 0 Å². The summed E-state index contributed by atoms with van der Waals surface area (Å²) < 4.78 is 26.5. The fourth-order valence-electron chi connectivity index (χ4n) is 2.73. The molecule has 1 saturated heterocycles. The summed E-state index contributed by atoms with van der Waals surface area (Å²) in [5, 5.41) is 11.4. The molecule has 23 heavy (non-hydrogen) atoms. The zero-order valence-electron chi connectivity index (χ0n) is 13.6. The highest BCUT2D eigenvalue weighted by atomic mass is 32.2. The number of anilines is 1. The van der Waals surface area contributed by atoms with Crippen molar-refractivity contribution in [1.82, 2.24) is 4.31 Å². The molecule has 1 heterocycles. The molecule has 1 aliphatic heterocycles. The summed E-state index contributed by atoms with van der Waals surface area (Å²) in [5.41, 5.74) is 0.285. The number of hydrogen-bond donors (Lipinski definition) is 0. The van der Waals surface area contributed by atoms with E-state index in [1.165, 1.54) is 22.5 Å². The molecule has 0 amide bonds. The van der Waals surface area contributed by atoms with Gasteiger partial charge in [0, 0.05) is 32.7 Å². The maximum Gasteiger partial charge on any atom is 0.293 e. The van der Waals surface area contributed by atoms with Gasteiger partial charge >= 0.3 is 0 Å². The first kappa shape index (κ1) is 17.7. The lowest BCUT2D eigenvalue weighted by Crippen LogP contribution is -2.28. The SMILES string of the molecule is CCCCN(C)c1ccc(S(=O)(=O)N2CCCC2)cc1[N+](=O)[O-]. The van der Waals surface area contributed by atoms with Crippen LogP contribution in [-0.2, 0) is 10.0 Å². The summed E-state index contributed by atoms with van der Waals surface area (Å²) in [6.07, 6.45) is 3.57. The molecule has 1 fully saturated rings. The van der Waals surface area contributed by atoms with E-state index in [-0.39, 0.29) is 10.6 Å². The molecule has 0 spiro atoms. The first-order valence-corrected chi connectivity index (χ1v) is 9.31. The van der Waals surface area contributed by atoms with Crippen molar-refractivity contribution < 1.29 is 13.3 Å². The first-order valence-electron chi connectivity index (χ1n) is 7.87. The minimum Gasteiger partial charge on any atom is -0.369 e. The van der Waals surface area contributed by atoms with Crippen molar-refractivity contribution in [1.29, 1.82) is 0 Å². The van der Waals surface area contributed by atoms with Crippen molar-refractivity contribution in [3.8, 4) is 0 Å². The van der Waals surface area contributed by atoms with Gasteiger partial charge in [-0.3, -0.25) is 10.1 Å². The summed E-state index contributed by atoms with van der Waals surface area (Å²) in [7, 11) is -1.86. The van der Waals surface area contributed by atoms with Crippen LogP contribution >= 0.6 is 0 Å². The predicted octanol–water partition coefficient (Wildman–Crippen LogP) is 2.62. The smallest absolute Gasteiger partial charge is 0.293 e. The third kappa shape index (κ3) is 3.81. The summed E-state index contributed by atoms with van der Waals surface area (Å²) >= 11 is 0. The molecule has 0 atom stereocenters. The van der Waals surface area contributed by atoms with Crippen LogP contribution < -0.4 is 4.90 Å². The van der Waals surface area contributed by atoms with Crippen molar-refractivity contribution in [3.05, 3.63) is 28.3 Å². The van der Waals surface area contributed by atoms with Crippen molar-refractivity contribution in [2.45, 2.75) is 37.5 Å². The Morgan fingerprint density at radius 1 is 1.30 bits per heavy atom. The number of nitro benzene ring substituents is 1. The molecule has 1 aromatic carbocycles. The Morgan fingerprint density at radius 3 is 2.52 bits per heavy atom. The second kappa shape index (κ2) is 7.27. The van der Waals surface area contributed by atoms with Crippen LogP contribution in [0.15, 0.2) is 23.1 Å². The van der Waals surface area contributed by atoms with Gasteiger partial charge in [-0.25, -0.2) is 8.42 Å². The average molecular weight is 341 g/mol. The molecule has 0 unspecified atom stereocenters. The van der Waals surface area contributed by atoms with Gasteiger partial charge in [-0.15, -0.1) is 0 Å². The molecule has 1 aromatic rings. The number of hydrogen-bond acceptors (Lipinski definition) is 5. The van der Waals surface area contributed by atoms with E-state index >= 15 is 0 Å². The molecule has 0 aromatic heterocycles. The standard InChI is InChI=1S/C15H23N3O4S/c1-3-4-9-16(2)14-8-7-13(12-15(14)18(19)20)23(21,22)17-10-5-6-11-17/h7-8,12H,3-6,9-11H2,1-2H3. The first-order chi connectivity index (χ1) is 10.9. The van der Waals surface area contributed by atoms with E-state index < -0.39 is 14.9 Å². The Kier molecular flexibility index (Phi) is 5.59. The molecule has 7 nitrogen and oxygen atoms in total. The summed E-state index contributed by atoms with van der Waals surface area (Å²) in [5.74, 6) is 0. The van der Waals surface area contributed by atoms with E-state index in [1.807, 2.05) is 6.92 Å². The largest absolute Gasteiger partial charge is 0.369 e. The molecule has 0 radical (unpaired) electrons. The Morgan fingerprint density at radius 2 is 1.96 bits per heavy atom. The third-order valence-corrected chi connectivity index (χ3v) is 6.00. The van der Waals surface area contributed by atoms with Gasteiger partial charge in [0.05, 0.1) is 9.82 Å². The number of benzene rings is 1. The highest BCUT2D eigenvalue weighted by Gasteiger charge is 2.29. The van der Waals surface area contributed by atoms with Gasteiger partial charge in [0.25, 0.3) is 5.69 Å². The number of nitrogens with zero attached hydrogens (tertiary/aromatic N) is 3. The van der Waals surface area contributed by atoms with E-state index in [0.717, 1.165) is 25.7 Å². The summed E-state index contributed by atoms with van der Waals surface area (Å²) in [4.78, 5) is 12.7. The van der Waals surface area contributed by atoms with Crippen LogP contribution in [0.1, 0.15) is 32.6 Å². The van der Waals surface area contributed by atoms with Crippen LogP contribution in [0.25, 0.3) is 0 Å². The Labute approximate surface area is 137 Å². The molecule has 128 valence electrons. The minimum absolute atomic E-state index is 0.00117. The van der Waals surface area contributed by atoms with E-state index in [2.05, 4.69) is 0 Å². The number of unbranched alkanes of at least 4 members (excludes halogenated alkanes) is 1. The fourth-order valence-corrected chi connectivity index (χ4v) is 4.26. The van der Waals surface area contributed by atoms with Crippen molar-refractivity contribution >= 4 is 21.4 Å². The molecule has 0 saturated carbocycles. The van der Waals surface area contributed by atoms with Crippen molar-refractivity contribution in [2.24, 2.45) is 0 Å². The summed E-state index contributed by atoms with van der Waals surface area (Å²) in [6.45, 7) is 3.70. The number of sulfonamides is 1. The lowest BCUT2D eigenvalue weighted by Gasteiger charge is -2.20. The molecule has 0 bridgehead atoms. The van der Waals surface area contributed by atoms with Gasteiger partial charge in [0.1, 0.15) is 5.69 Å². The van der Waals surface area contributed by atoms with Crippen LogP contribution in [0, 0.1) is 10.1 Å². The second-order valence-corrected chi connectivity index (χ2v) is 7.73. The Hall–Kier alpha value is -1.67. The highest BCUT2D eigenvalue weighted by molar-refractivity contribution is 7.89. The molecular formula is C15H23N3O4S. The number of rotatable bonds is 7. The maximum absolute atomic E-state index is 12.6. The van der Waals surface area contributed by atoms with E-state index in [0.29, 0.717) is 25.3 Å². The molecule has 8 heteroatoms. The van der Waals surface area contributed by atoms with E-state index in [1.54, 1.807) is 11.9 Å². The zero-order chi connectivity index (χ0) is 17.0. The normalized spacial score (nSPS) is 15.7. The molecule has 2 rings (SSSR count). The fraction of sp³-hybridized carbons (Fsp3) is 0.600. The minimum atomic E-state index is -3.64. The topological polar surface area (TPSA) is 83.8 Å². The Balaban J connectivity index is 2.37. The van der Waals surface area contributed by atoms with Crippen LogP contribution in [0.4, 0.5) is 11.4 Å². The van der Waals surface area contributed by atoms with Gasteiger partial charge in [-0.05, 0) is 31.4 Å². The van der Waals surface area contributed by atoms with Gasteiger partial charge in [0.2, 0.25) is 10.0 Å². The van der Waals surface area contributed by atoms with Crippen LogP contribution in [0.5, 0.6) is 0 Å². The zero-order valence-corrected chi connectivity index (χ0v) is 14.4. The van der Waals surface area contributed by atoms with Crippen LogP contribution in [0.2, 0.25) is 0 Å². The molecule has 0 aliphatic carbocycles. The van der Waals surface area contributed by atoms with Crippen LogP contribution in [-0.4, -0.2) is 44.3 Å². The molecule has 0 N–H and O–H groups in total. The molecular weight excluding hydrogens is 318 g/mol. The Bertz CT molecular complexity index is 669.